The molecule has 4 bridgehead atoms. The Kier molecular flexibility index (Phi) is 7.39. The van der Waals surface area contributed by atoms with E-state index < -0.39 is 6.04 Å². The highest BCUT2D eigenvalue weighted by Crippen LogP contribution is 2.33. The Morgan fingerprint density at radius 1 is 1.14 bits per heavy atom. The van der Waals surface area contributed by atoms with Gasteiger partial charge >= 0.3 is 0 Å². The molecule has 0 saturated heterocycles. The Bertz CT molecular complexity index is 1270. The standard InChI is InChI=1S/C27H28FN5O3/c1-16(2)36-23-13-8-20-14-24(23)35-15-30-26(29)19-6-11-22(12-7-19)31-25(20)27(34)33-32-17(3)18-4-9-21(28)10-5-18/h4-14,16,25,31-32H,3,15H2,1-2H3,(H2,29,30)(H,33,34). The van der Waals surface area contributed by atoms with Crippen LogP contribution in [0.3, 0.4) is 0 Å². The summed E-state index contributed by atoms with van der Waals surface area (Å²) >= 11 is 0. The first-order chi connectivity index (χ1) is 17.3. The first-order valence-electron chi connectivity index (χ1n) is 11.4. The number of anilines is 1. The predicted molar refractivity (Wildman–Crippen MR) is 138 cm³/mol. The number of hydrogen-bond acceptors (Lipinski definition) is 7. The number of hydrazine groups is 1. The zero-order valence-electron chi connectivity index (χ0n) is 20.0. The minimum atomic E-state index is -0.807. The Hall–Kier alpha value is -4.53. The highest BCUT2D eigenvalue weighted by Gasteiger charge is 2.23. The van der Waals surface area contributed by atoms with Gasteiger partial charge in [-0.25, -0.2) is 9.38 Å². The van der Waals surface area contributed by atoms with E-state index in [1.807, 2.05) is 38.1 Å². The van der Waals surface area contributed by atoms with Crippen molar-refractivity contribution in [2.24, 2.45) is 10.7 Å². The number of rotatable bonds is 6. The smallest absolute Gasteiger partial charge is 0.265 e. The third-order valence-electron chi connectivity index (χ3n) is 5.40. The van der Waals surface area contributed by atoms with E-state index in [4.69, 9.17) is 15.2 Å². The van der Waals surface area contributed by atoms with Crippen LogP contribution in [-0.4, -0.2) is 24.6 Å². The second-order valence-corrected chi connectivity index (χ2v) is 8.44. The van der Waals surface area contributed by atoms with Gasteiger partial charge in [0.15, 0.2) is 18.2 Å². The maximum atomic E-state index is 13.3. The first kappa shape index (κ1) is 24.6. The van der Waals surface area contributed by atoms with Crippen molar-refractivity contribution in [1.82, 2.24) is 10.9 Å². The highest BCUT2D eigenvalue weighted by molar-refractivity contribution is 5.97. The zero-order chi connectivity index (χ0) is 25.7. The Morgan fingerprint density at radius 3 is 2.56 bits per heavy atom. The lowest BCUT2D eigenvalue weighted by molar-refractivity contribution is -0.122. The minimum absolute atomic E-state index is 0.0190. The number of nitrogens with two attached hydrogens (primary N) is 1. The fourth-order valence-electron chi connectivity index (χ4n) is 3.57. The molecule has 0 saturated carbocycles. The normalized spacial score (nSPS) is 16.2. The molecule has 1 atom stereocenters. The summed E-state index contributed by atoms with van der Waals surface area (Å²) in [4.78, 5) is 17.6. The molecule has 0 spiro atoms. The summed E-state index contributed by atoms with van der Waals surface area (Å²) in [7, 11) is 0. The Morgan fingerprint density at radius 2 is 1.86 bits per heavy atom. The van der Waals surface area contributed by atoms with Crippen LogP contribution in [0.15, 0.2) is 78.3 Å². The van der Waals surface area contributed by atoms with Crippen LogP contribution in [-0.2, 0) is 4.79 Å². The lowest BCUT2D eigenvalue weighted by Crippen LogP contribution is -2.41. The minimum Gasteiger partial charge on any atom is -0.487 e. The summed E-state index contributed by atoms with van der Waals surface area (Å²) in [6.07, 6.45) is -0.0805. The number of carbonyl (C=O) groups is 1. The molecule has 5 N–H and O–H groups in total. The highest BCUT2D eigenvalue weighted by atomic mass is 19.1. The molecular formula is C27H28FN5O3. The summed E-state index contributed by atoms with van der Waals surface area (Å²) in [5.74, 6) is 0.560. The van der Waals surface area contributed by atoms with E-state index in [-0.39, 0.29) is 24.6 Å². The summed E-state index contributed by atoms with van der Waals surface area (Å²) in [6, 6.07) is 17.5. The number of nitrogens with one attached hydrogen (secondary N) is 3. The number of fused-ring (bicyclic) bond motifs is 5. The monoisotopic (exact) mass is 489 g/mol. The molecule has 3 aromatic carbocycles. The van der Waals surface area contributed by atoms with Crippen molar-refractivity contribution in [3.63, 3.8) is 0 Å². The molecule has 0 radical (unpaired) electrons. The number of carbonyl (C=O) groups excluding carboxylic acids is 1. The molecule has 3 aromatic rings. The van der Waals surface area contributed by atoms with E-state index >= 15 is 0 Å². The van der Waals surface area contributed by atoms with E-state index in [0.29, 0.717) is 39.8 Å². The van der Waals surface area contributed by atoms with Gasteiger partial charge in [-0.2, -0.15) is 0 Å². The van der Waals surface area contributed by atoms with Crippen LogP contribution in [0.5, 0.6) is 11.5 Å². The second kappa shape index (κ2) is 10.8. The molecule has 186 valence electrons. The van der Waals surface area contributed by atoms with Crippen LogP contribution in [0.1, 0.15) is 36.6 Å². The van der Waals surface area contributed by atoms with Crippen LogP contribution >= 0.6 is 0 Å². The fraction of sp³-hybridized carbons (Fsp3) is 0.185. The molecule has 0 aromatic heterocycles. The molecule has 36 heavy (non-hydrogen) atoms. The lowest BCUT2D eigenvalue weighted by Gasteiger charge is -2.22. The Balaban J connectivity index is 1.63. The van der Waals surface area contributed by atoms with Crippen LogP contribution in [0.25, 0.3) is 5.70 Å². The predicted octanol–water partition coefficient (Wildman–Crippen LogP) is 4.11. The quantitative estimate of drug-likeness (QED) is 0.388. The van der Waals surface area contributed by atoms with Gasteiger partial charge in [-0.3, -0.25) is 15.6 Å². The molecular weight excluding hydrogens is 461 g/mol. The van der Waals surface area contributed by atoms with Gasteiger partial charge in [-0.05, 0) is 85.6 Å². The molecule has 0 fully saturated rings. The van der Waals surface area contributed by atoms with Gasteiger partial charge in [0.05, 0.1) is 11.8 Å². The average Bonchev–Trinajstić information content (AvgIpc) is 2.88. The van der Waals surface area contributed by atoms with Crippen LogP contribution in [0.4, 0.5) is 10.1 Å². The van der Waals surface area contributed by atoms with E-state index in [9.17, 15) is 9.18 Å². The second-order valence-electron chi connectivity index (χ2n) is 8.44. The van der Waals surface area contributed by atoms with Gasteiger partial charge < -0.3 is 20.5 Å². The van der Waals surface area contributed by atoms with Crippen molar-refractivity contribution >= 4 is 23.1 Å². The van der Waals surface area contributed by atoms with E-state index in [1.165, 1.54) is 12.1 Å². The third-order valence-corrected chi connectivity index (χ3v) is 5.40. The zero-order valence-corrected chi connectivity index (χ0v) is 20.0. The van der Waals surface area contributed by atoms with Gasteiger partial charge in [0.2, 0.25) is 0 Å². The third kappa shape index (κ3) is 5.93. The van der Waals surface area contributed by atoms with Crippen molar-refractivity contribution < 1.29 is 18.7 Å². The molecule has 5 rings (SSSR count). The Labute approximate surface area is 209 Å². The lowest BCUT2D eigenvalue weighted by atomic mass is 10.0. The van der Waals surface area contributed by atoms with Gasteiger partial charge in [0.25, 0.3) is 5.91 Å². The first-order valence-corrected chi connectivity index (χ1v) is 11.4. The maximum absolute atomic E-state index is 13.3. The van der Waals surface area contributed by atoms with Crippen molar-refractivity contribution in [2.75, 3.05) is 12.0 Å². The molecule has 8 nitrogen and oxygen atoms in total. The van der Waals surface area contributed by atoms with Crippen molar-refractivity contribution in [1.29, 1.82) is 0 Å². The summed E-state index contributed by atoms with van der Waals surface area (Å²) < 4.78 is 25.0. The molecule has 0 aliphatic carbocycles. The molecule has 1 amide bonds. The van der Waals surface area contributed by atoms with Crippen molar-refractivity contribution in [2.45, 2.75) is 26.0 Å². The van der Waals surface area contributed by atoms with Crippen LogP contribution in [0.2, 0.25) is 0 Å². The summed E-state index contributed by atoms with van der Waals surface area (Å²) in [5.41, 5.74) is 14.7. The van der Waals surface area contributed by atoms with Crippen LogP contribution in [0, 0.1) is 5.82 Å². The molecule has 2 heterocycles. The SMILES string of the molecule is C=C(NNC(=O)C1Nc2ccc(cc2)/C(N)=N\COc2cc1ccc2OC(C)C)c1ccc(F)cc1. The number of aliphatic imine (C=N–C) groups is 1. The molecule has 9 heteroatoms. The summed E-state index contributed by atoms with van der Waals surface area (Å²) in [5, 5.41) is 3.26. The molecule has 2 aliphatic rings. The number of halogens is 1. The summed E-state index contributed by atoms with van der Waals surface area (Å²) in [6.45, 7) is 7.72. The maximum Gasteiger partial charge on any atom is 0.265 e. The number of benzene rings is 3. The van der Waals surface area contributed by atoms with Gasteiger partial charge in [-0.1, -0.05) is 12.6 Å². The van der Waals surface area contributed by atoms with E-state index in [0.717, 1.165) is 5.56 Å². The number of hydrogen-bond donors (Lipinski definition) is 4. The van der Waals surface area contributed by atoms with Crippen LogP contribution < -0.4 is 31.4 Å². The van der Waals surface area contributed by atoms with E-state index in [2.05, 4.69) is 27.7 Å². The number of amidine groups is 1. The number of nitrogens with zero attached hydrogens (tertiary/aromatic N) is 1. The van der Waals surface area contributed by atoms with Gasteiger partial charge in [0, 0.05) is 11.3 Å². The average molecular weight is 490 g/mol. The molecule has 1 unspecified atom stereocenters. The van der Waals surface area contributed by atoms with E-state index in [1.54, 1.807) is 30.3 Å². The fourth-order valence-corrected chi connectivity index (χ4v) is 3.57. The number of ether oxygens (including phenoxy) is 2. The largest absolute Gasteiger partial charge is 0.487 e. The van der Waals surface area contributed by atoms with Gasteiger partial charge in [0.1, 0.15) is 17.7 Å². The van der Waals surface area contributed by atoms with Gasteiger partial charge in [-0.15, -0.1) is 0 Å². The topological polar surface area (TPSA) is 110 Å². The van der Waals surface area contributed by atoms with Crippen molar-refractivity contribution in [3.05, 3.63) is 95.8 Å². The molecule has 2 aliphatic heterocycles. The van der Waals surface area contributed by atoms with Crippen molar-refractivity contribution in [3.8, 4) is 11.5 Å². The number of amides is 1.